The van der Waals surface area contributed by atoms with E-state index in [9.17, 15) is 4.79 Å². The zero-order chi connectivity index (χ0) is 11.8. The van der Waals surface area contributed by atoms with Crippen LogP contribution in [0.25, 0.3) is 0 Å². The maximum absolute atomic E-state index is 11.0. The summed E-state index contributed by atoms with van der Waals surface area (Å²) < 4.78 is 4.75. The van der Waals surface area contributed by atoms with Crippen LogP contribution in [0.3, 0.4) is 0 Å². The van der Waals surface area contributed by atoms with Gasteiger partial charge in [0.05, 0.1) is 13.2 Å². The summed E-state index contributed by atoms with van der Waals surface area (Å²) >= 11 is 0. The second kappa shape index (κ2) is 6.53. The Labute approximate surface area is 94.1 Å². The summed E-state index contributed by atoms with van der Waals surface area (Å²) in [6.45, 7) is 2.69. The van der Waals surface area contributed by atoms with E-state index in [0.717, 1.165) is 5.56 Å². The lowest BCUT2D eigenvalue weighted by atomic mass is 10.2. The minimum Gasteiger partial charge on any atom is -0.465 e. The summed E-state index contributed by atoms with van der Waals surface area (Å²) in [7, 11) is 0. The van der Waals surface area contributed by atoms with E-state index in [1.807, 2.05) is 6.07 Å². The normalized spacial score (nSPS) is 9.50. The van der Waals surface area contributed by atoms with Gasteiger partial charge in [0.1, 0.15) is 11.8 Å². The number of hydrogen-bond acceptors (Lipinski definition) is 5. The molecule has 0 fully saturated rings. The Bertz CT molecular complexity index is 398. The molecule has 0 amide bonds. The molecule has 0 aliphatic carbocycles. The van der Waals surface area contributed by atoms with Gasteiger partial charge in [-0.05, 0) is 13.0 Å². The lowest BCUT2D eigenvalue weighted by molar-refractivity contribution is -0.142. The summed E-state index contributed by atoms with van der Waals surface area (Å²) in [6.07, 6.45) is 1.56. The molecule has 1 rings (SSSR count). The Hall–Kier alpha value is -1.93. The van der Waals surface area contributed by atoms with Gasteiger partial charge < -0.3 is 10.1 Å². The molecule has 1 heterocycles. The Morgan fingerprint density at radius 1 is 1.69 bits per heavy atom. The number of carbonyl (C=O) groups is 1. The van der Waals surface area contributed by atoms with Crippen molar-refractivity contribution in [3.05, 3.63) is 29.6 Å². The number of nitriles is 1. The van der Waals surface area contributed by atoms with Crippen LogP contribution in [0.5, 0.6) is 0 Å². The highest BCUT2D eigenvalue weighted by Gasteiger charge is 2.04. The second-order valence-electron chi connectivity index (χ2n) is 3.03. The number of ether oxygens (including phenoxy) is 1. The van der Waals surface area contributed by atoms with Gasteiger partial charge in [-0.25, -0.2) is 4.98 Å². The van der Waals surface area contributed by atoms with Gasteiger partial charge in [0.15, 0.2) is 0 Å². The van der Waals surface area contributed by atoms with Crippen molar-refractivity contribution in [2.45, 2.75) is 13.5 Å². The lowest BCUT2D eigenvalue weighted by Crippen LogP contribution is -2.24. The minimum atomic E-state index is -0.301. The van der Waals surface area contributed by atoms with E-state index < -0.39 is 0 Å². The first-order valence-electron chi connectivity index (χ1n) is 4.98. The smallest absolute Gasteiger partial charge is 0.319 e. The number of carbonyl (C=O) groups excluding carboxylic acids is 1. The molecule has 0 aromatic carbocycles. The molecule has 0 aliphatic rings. The zero-order valence-corrected chi connectivity index (χ0v) is 9.06. The van der Waals surface area contributed by atoms with Crippen LogP contribution in [0.15, 0.2) is 18.3 Å². The van der Waals surface area contributed by atoms with Crippen molar-refractivity contribution in [1.29, 1.82) is 5.26 Å². The van der Waals surface area contributed by atoms with Crippen molar-refractivity contribution >= 4 is 5.97 Å². The van der Waals surface area contributed by atoms with Crippen LogP contribution >= 0.6 is 0 Å². The summed E-state index contributed by atoms with van der Waals surface area (Å²) in [5.74, 6) is -0.301. The van der Waals surface area contributed by atoms with Gasteiger partial charge in [0.2, 0.25) is 0 Å². The molecule has 0 saturated heterocycles. The number of nitrogens with zero attached hydrogens (tertiary/aromatic N) is 2. The van der Waals surface area contributed by atoms with E-state index in [1.165, 1.54) is 0 Å². The summed E-state index contributed by atoms with van der Waals surface area (Å²) in [5, 5.41) is 11.7. The maximum atomic E-state index is 11.0. The molecule has 16 heavy (non-hydrogen) atoms. The standard InChI is InChI=1S/C11H13N3O2/c1-2-16-11(15)8-13-7-9-4-3-5-14-10(9)6-12/h3-5,13H,2,7-8H2,1H3. The minimum absolute atomic E-state index is 0.133. The van der Waals surface area contributed by atoms with Gasteiger partial charge in [-0.3, -0.25) is 4.79 Å². The number of esters is 1. The topological polar surface area (TPSA) is 75.0 Å². The summed E-state index contributed by atoms with van der Waals surface area (Å²) in [6, 6.07) is 5.54. The molecule has 0 saturated carbocycles. The van der Waals surface area contributed by atoms with Crippen LogP contribution in [0.4, 0.5) is 0 Å². The van der Waals surface area contributed by atoms with Crippen molar-refractivity contribution < 1.29 is 9.53 Å². The van der Waals surface area contributed by atoms with Crippen LogP contribution in [0.1, 0.15) is 18.2 Å². The first kappa shape index (κ1) is 12.1. The predicted molar refractivity (Wildman–Crippen MR) is 57.3 cm³/mol. The average Bonchev–Trinajstić information content (AvgIpc) is 2.30. The highest BCUT2D eigenvalue weighted by Crippen LogP contribution is 2.02. The molecule has 84 valence electrons. The van der Waals surface area contributed by atoms with E-state index in [1.54, 1.807) is 25.3 Å². The van der Waals surface area contributed by atoms with Crippen LogP contribution in [-0.2, 0) is 16.1 Å². The second-order valence-corrected chi connectivity index (χ2v) is 3.03. The molecule has 5 nitrogen and oxygen atoms in total. The highest BCUT2D eigenvalue weighted by molar-refractivity contribution is 5.71. The van der Waals surface area contributed by atoms with E-state index >= 15 is 0 Å². The number of pyridine rings is 1. The Morgan fingerprint density at radius 2 is 2.50 bits per heavy atom. The molecule has 0 unspecified atom stereocenters. The molecule has 5 heteroatoms. The Kier molecular flexibility index (Phi) is 4.96. The largest absolute Gasteiger partial charge is 0.465 e. The fraction of sp³-hybridized carbons (Fsp3) is 0.364. The molecular formula is C11H13N3O2. The van der Waals surface area contributed by atoms with Crippen LogP contribution in [-0.4, -0.2) is 24.1 Å². The molecule has 0 atom stereocenters. The highest BCUT2D eigenvalue weighted by atomic mass is 16.5. The first-order valence-corrected chi connectivity index (χ1v) is 4.98. The molecule has 0 aliphatic heterocycles. The van der Waals surface area contributed by atoms with Crippen LogP contribution in [0, 0.1) is 11.3 Å². The van der Waals surface area contributed by atoms with E-state index in [2.05, 4.69) is 10.3 Å². The summed E-state index contributed by atoms with van der Waals surface area (Å²) in [5.41, 5.74) is 1.15. The molecule has 0 radical (unpaired) electrons. The zero-order valence-electron chi connectivity index (χ0n) is 9.06. The van der Waals surface area contributed by atoms with Crippen molar-refractivity contribution in [1.82, 2.24) is 10.3 Å². The molecule has 0 spiro atoms. The lowest BCUT2D eigenvalue weighted by Gasteiger charge is -2.05. The predicted octanol–water partition coefficient (Wildman–Crippen LogP) is 0.606. The van der Waals surface area contributed by atoms with E-state index in [0.29, 0.717) is 18.8 Å². The first-order chi connectivity index (χ1) is 7.77. The molecule has 0 bridgehead atoms. The van der Waals surface area contributed by atoms with E-state index in [4.69, 9.17) is 10.00 Å². The van der Waals surface area contributed by atoms with Crippen LogP contribution in [0.2, 0.25) is 0 Å². The van der Waals surface area contributed by atoms with Gasteiger partial charge in [-0.1, -0.05) is 6.07 Å². The van der Waals surface area contributed by atoms with Gasteiger partial charge in [0, 0.05) is 18.3 Å². The number of aromatic nitrogens is 1. The number of nitrogens with one attached hydrogen (secondary N) is 1. The Balaban J connectivity index is 2.43. The third-order valence-corrected chi connectivity index (χ3v) is 1.89. The SMILES string of the molecule is CCOC(=O)CNCc1cccnc1C#N. The quantitative estimate of drug-likeness (QED) is 0.734. The van der Waals surface area contributed by atoms with E-state index in [-0.39, 0.29) is 12.5 Å². The van der Waals surface area contributed by atoms with Gasteiger partial charge in [-0.2, -0.15) is 5.26 Å². The monoisotopic (exact) mass is 219 g/mol. The van der Waals surface area contributed by atoms with Crippen molar-refractivity contribution in [3.8, 4) is 6.07 Å². The van der Waals surface area contributed by atoms with Crippen molar-refractivity contribution in [3.63, 3.8) is 0 Å². The maximum Gasteiger partial charge on any atom is 0.319 e. The average molecular weight is 219 g/mol. The van der Waals surface area contributed by atoms with Crippen molar-refractivity contribution in [2.24, 2.45) is 0 Å². The van der Waals surface area contributed by atoms with Gasteiger partial charge >= 0.3 is 5.97 Å². The number of hydrogen-bond donors (Lipinski definition) is 1. The molecular weight excluding hydrogens is 206 g/mol. The van der Waals surface area contributed by atoms with Gasteiger partial charge in [0.25, 0.3) is 0 Å². The molecule has 1 aromatic heterocycles. The summed E-state index contributed by atoms with van der Waals surface area (Å²) in [4.78, 5) is 14.9. The van der Waals surface area contributed by atoms with Gasteiger partial charge in [-0.15, -0.1) is 0 Å². The Morgan fingerprint density at radius 3 is 3.19 bits per heavy atom. The fourth-order valence-electron chi connectivity index (χ4n) is 1.19. The van der Waals surface area contributed by atoms with Crippen molar-refractivity contribution in [2.75, 3.05) is 13.2 Å². The third kappa shape index (κ3) is 3.67. The number of rotatable bonds is 5. The third-order valence-electron chi connectivity index (χ3n) is 1.89. The van der Waals surface area contributed by atoms with Crippen LogP contribution < -0.4 is 5.32 Å². The molecule has 1 aromatic rings. The molecule has 1 N–H and O–H groups in total. The fourth-order valence-corrected chi connectivity index (χ4v) is 1.19.